The van der Waals surface area contributed by atoms with Gasteiger partial charge in [0.25, 0.3) is 5.91 Å². The van der Waals surface area contributed by atoms with Gasteiger partial charge >= 0.3 is 0 Å². The van der Waals surface area contributed by atoms with Gasteiger partial charge in [-0.05, 0) is 24.6 Å². The number of benzene rings is 2. The molecule has 0 aliphatic rings. The zero-order valence-corrected chi connectivity index (χ0v) is 17.8. The number of aryl methyl sites for hydroxylation is 1. The number of rotatable bonds is 8. The summed E-state index contributed by atoms with van der Waals surface area (Å²) in [4.78, 5) is 29.0. The number of hydrogen-bond acceptors (Lipinski definition) is 6. The van der Waals surface area contributed by atoms with Crippen LogP contribution >= 0.6 is 11.3 Å². The number of nitrogens with zero attached hydrogens (tertiary/aromatic N) is 1. The van der Waals surface area contributed by atoms with Crippen LogP contribution in [0.15, 0.2) is 47.8 Å². The molecule has 0 saturated heterocycles. The maximum Gasteiger partial charge on any atom is 0.257 e. The lowest BCUT2D eigenvalue weighted by Crippen LogP contribution is -2.24. The van der Waals surface area contributed by atoms with Crippen molar-refractivity contribution in [1.82, 2.24) is 10.3 Å². The Bertz CT molecular complexity index is 1010. The fourth-order valence-corrected chi connectivity index (χ4v) is 3.39. The first-order valence-corrected chi connectivity index (χ1v) is 10.2. The molecule has 3 aromatic rings. The standard InChI is InChI=1S/C22H23N3O4S/c1-14-4-6-15(7-5-14)12-23-20(26)10-17-13-30-22(24-17)25-21(27)16-8-18(28-2)11-19(9-16)29-3/h4-9,11,13H,10,12H2,1-3H3,(H,23,26)(H,24,25,27). The predicted molar refractivity (Wildman–Crippen MR) is 116 cm³/mol. The molecule has 7 nitrogen and oxygen atoms in total. The molecule has 2 amide bonds. The van der Waals surface area contributed by atoms with Crippen LogP contribution in [0.25, 0.3) is 0 Å². The summed E-state index contributed by atoms with van der Waals surface area (Å²) in [5.41, 5.74) is 3.20. The Hall–Kier alpha value is -3.39. The molecule has 2 aromatic carbocycles. The van der Waals surface area contributed by atoms with Gasteiger partial charge in [0.2, 0.25) is 5.91 Å². The Morgan fingerprint density at radius 2 is 1.70 bits per heavy atom. The van der Waals surface area contributed by atoms with E-state index in [0.717, 1.165) is 5.56 Å². The molecule has 156 valence electrons. The van der Waals surface area contributed by atoms with E-state index < -0.39 is 0 Å². The quantitative estimate of drug-likeness (QED) is 0.576. The van der Waals surface area contributed by atoms with Crippen LogP contribution in [-0.4, -0.2) is 31.0 Å². The summed E-state index contributed by atoms with van der Waals surface area (Å²) in [5, 5.41) is 7.80. The van der Waals surface area contributed by atoms with Gasteiger partial charge in [-0.2, -0.15) is 0 Å². The zero-order valence-electron chi connectivity index (χ0n) is 17.0. The smallest absolute Gasteiger partial charge is 0.257 e. The van der Waals surface area contributed by atoms with Crippen molar-refractivity contribution in [3.63, 3.8) is 0 Å². The number of methoxy groups -OCH3 is 2. The molecule has 0 spiro atoms. The summed E-state index contributed by atoms with van der Waals surface area (Å²) in [5.74, 6) is 0.572. The number of aromatic nitrogens is 1. The Kier molecular flexibility index (Phi) is 7.03. The second kappa shape index (κ2) is 9.89. The minimum absolute atomic E-state index is 0.128. The minimum atomic E-state index is -0.336. The van der Waals surface area contributed by atoms with Gasteiger partial charge in [-0.3, -0.25) is 14.9 Å². The van der Waals surface area contributed by atoms with Crippen LogP contribution in [0.3, 0.4) is 0 Å². The third-order valence-corrected chi connectivity index (χ3v) is 5.14. The van der Waals surface area contributed by atoms with E-state index >= 15 is 0 Å². The maximum absolute atomic E-state index is 12.5. The van der Waals surface area contributed by atoms with E-state index in [1.807, 2.05) is 31.2 Å². The second-order valence-electron chi connectivity index (χ2n) is 6.64. The first-order chi connectivity index (χ1) is 14.5. The van der Waals surface area contributed by atoms with Crippen molar-refractivity contribution in [2.45, 2.75) is 19.9 Å². The van der Waals surface area contributed by atoms with Crippen molar-refractivity contribution < 1.29 is 19.1 Å². The third-order valence-electron chi connectivity index (χ3n) is 4.34. The van der Waals surface area contributed by atoms with E-state index in [2.05, 4.69) is 15.6 Å². The lowest BCUT2D eigenvalue weighted by Gasteiger charge is -2.08. The summed E-state index contributed by atoms with van der Waals surface area (Å²) in [7, 11) is 3.04. The van der Waals surface area contributed by atoms with Crippen LogP contribution < -0.4 is 20.1 Å². The van der Waals surface area contributed by atoms with Gasteiger partial charge in [-0.15, -0.1) is 11.3 Å². The average Bonchev–Trinajstić information content (AvgIpc) is 3.19. The first kappa shape index (κ1) is 21.3. The highest BCUT2D eigenvalue weighted by atomic mass is 32.1. The van der Waals surface area contributed by atoms with Gasteiger partial charge < -0.3 is 14.8 Å². The topological polar surface area (TPSA) is 89.6 Å². The Morgan fingerprint density at radius 3 is 2.33 bits per heavy atom. The van der Waals surface area contributed by atoms with Crippen LogP contribution in [0.5, 0.6) is 11.5 Å². The van der Waals surface area contributed by atoms with E-state index in [0.29, 0.717) is 34.4 Å². The number of ether oxygens (including phenoxy) is 2. The van der Waals surface area contributed by atoms with Gasteiger partial charge in [0.15, 0.2) is 5.13 Å². The van der Waals surface area contributed by atoms with E-state index in [1.165, 1.54) is 31.1 Å². The summed E-state index contributed by atoms with van der Waals surface area (Å²) in [6.45, 7) is 2.48. The van der Waals surface area contributed by atoms with Crippen LogP contribution in [0.4, 0.5) is 5.13 Å². The van der Waals surface area contributed by atoms with Crippen molar-refractivity contribution in [1.29, 1.82) is 0 Å². The van der Waals surface area contributed by atoms with Gasteiger partial charge in [0.05, 0.1) is 26.3 Å². The average molecular weight is 426 g/mol. The highest BCUT2D eigenvalue weighted by Gasteiger charge is 2.13. The van der Waals surface area contributed by atoms with E-state index in [4.69, 9.17) is 9.47 Å². The second-order valence-corrected chi connectivity index (χ2v) is 7.50. The highest BCUT2D eigenvalue weighted by molar-refractivity contribution is 7.14. The van der Waals surface area contributed by atoms with Crippen LogP contribution in [0.1, 0.15) is 27.2 Å². The number of thiazole rings is 1. The first-order valence-electron chi connectivity index (χ1n) is 9.28. The van der Waals surface area contributed by atoms with Crippen molar-refractivity contribution in [2.75, 3.05) is 19.5 Å². The lowest BCUT2D eigenvalue weighted by atomic mass is 10.1. The maximum atomic E-state index is 12.5. The molecule has 0 saturated carbocycles. The molecule has 2 N–H and O–H groups in total. The van der Waals surface area contributed by atoms with Gasteiger partial charge in [-0.1, -0.05) is 29.8 Å². The van der Waals surface area contributed by atoms with Crippen molar-refractivity contribution in [3.8, 4) is 11.5 Å². The van der Waals surface area contributed by atoms with E-state index in [9.17, 15) is 9.59 Å². The molecule has 1 heterocycles. The van der Waals surface area contributed by atoms with Crippen LogP contribution in [0, 0.1) is 6.92 Å². The number of amides is 2. The minimum Gasteiger partial charge on any atom is -0.497 e. The number of carbonyl (C=O) groups excluding carboxylic acids is 2. The molecule has 0 fully saturated rings. The highest BCUT2D eigenvalue weighted by Crippen LogP contribution is 2.24. The predicted octanol–water partition coefficient (Wildman–Crippen LogP) is 3.58. The molecule has 0 bridgehead atoms. The third kappa shape index (κ3) is 5.81. The molecule has 1 aromatic heterocycles. The summed E-state index contributed by atoms with van der Waals surface area (Å²) in [6, 6.07) is 12.9. The van der Waals surface area contributed by atoms with Crippen molar-refractivity contribution >= 4 is 28.3 Å². The molecule has 0 unspecified atom stereocenters. The fourth-order valence-electron chi connectivity index (χ4n) is 2.69. The Morgan fingerprint density at radius 1 is 1.03 bits per heavy atom. The van der Waals surface area contributed by atoms with E-state index in [1.54, 1.807) is 23.6 Å². The molecule has 30 heavy (non-hydrogen) atoms. The van der Waals surface area contributed by atoms with Crippen LogP contribution in [-0.2, 0) is 17.8 Å². The monoisotopic (exact) mass is 425 g/mol. The molecule has 0 aliphatic carbocycles. The van der Waals surface area contributed by atoms with Crippen molar-refractivity contribution in [3.05, 3.63) is 70.2 Å². The lowest BCUT2D eigenvalue weighted by molar-refractivity contribution is -0.120. The zero-order chi connectivity index (χ0) is 21.5. The normalized spacial score (nSPS) is 10.4. The SMILES string of the molecule is COc1cc(OC)cc(C(=O)Nc2nc(CC(=O)NCc3ccc(C)cc3)cs2)c1. The summed E-state index contributed by atoms with van der Waals surface area (Å²) >= 11 is 1.26. The Balaban J connectivity index is 1.56. The number of anilines is 1. The number of nitrogens with one attached hydrogen (secondary N) is 2. The molecule has 8 heteroatoms. The molecule has 3 rings (SSSR count). The van der Waals surface area contributed by atoms with Crippen molar-refractivity contribution in [2.24, 2.45) is 0 Å². The number of hydrogen-bond donors (Lipinski definition) is 2. The van der Waals surface area contributed by atoms with E-state index in [-0.39, 0.29) is 18.2 Å². The Labute approximate surface area is 179 Å². The largest absolute Gasteiger partial charge is 0.497 e. The number of carbonyl (C=O) groups is 2. The van der Waals surface area contributed by atoms with Crippen LogP contribution in [0.2, 0.25) is 0 Å². The molecular formula is C22H23N3O4S. The summed E-state index contributed by atoms with van der Waals surface area (Å²) < 4.78 is 10.4. The summed E-state index contributed by atoms with van der Waals surface area (Å²) in [6.07, 6.45) is 0.144. The van der Waals surface area contributed by atoms with Gasteiger partial charge in [-0.25, -0.2) is 4.98 Å². The van der Waals surface area contributed by atoms with Gasteiger partial charge in [0.1, 0.15) is 11.5 Å². The molecule has 0 atom stereocenters. The van der Waals surface area contributed by atoms with Gasteiger partial charge in [0, 0.05) is 23.6 Å². The fraction of sp³-hybridized carbons (Fsp3) is 0.227. The molecular weight excluding hydrogens is 402 g/mol. The molecule has 0 radical (unpaired) electrons. The molecule has 0 aliphatic heterocycles.